The van der Waals surface area contributed by atoms with Gasteiger partial charge in [-0.25, -0.2) is 0 Å². The van der Waals surface area contributed by atoms with Crippen molar-refractivity contribution in [3.8, 4) is 0 Å². The summed E-state index contributed by atoms with van der Waals surface area (Å²) in [7, 11) is 1.27. The Morgan fingerprint density at radius 1 is 0.515 bits per heavy atom. The minimum Gasteiger partial charge on any atom is -0.756 e. The maximum absolute atomic E-state index is 12.8. The highest BCUT2D eigenvalue weighted by atomic mass is 31.2. The fourth-order valence-corrected chi connectivity index (χ4v) is 9.64. The molecule has 0 aliphatic rings. The van der Waals surface area contributed by atoms with Crippen LogP contribution in [0.15, 0.2) is 12.2 Å². The second-order valence-corrected chi connectivity index (χ2v) is 22.8. The summed E-state index contributed by atoms with van der Waals surface area (Å²) in [5, 5.41) is 13.7. The highest BCUT2D eigenvalue weighted by Crippen LogP contribution is 2.38. The Labute approximate surface area is 412 Å². The molecule has 0 fully saturated rings. The molecule has 66 heavy (non-hydrogen) atoms. The Kier molecular flexibility index (Phi) is 48.7. The van der Waals surface area contributed by atoms with E-state index in [0.717, 1.165) is 44.9 Å². The molecule has 0 spiro atoms. The van der Waals surface area contributed by atoms with Crippen LogP contribution in [-0.4, -0.2) is 68.5 Å². The molecule has 0 aliphatic carbocycles. The highest BCUT2D eigenvalue weighted by Gasteiger charge is 2.23. The van der Waals surface area contributed by atoms with Crippen molar-refractivity contribution < 1.29 is 32.9 Å². The summed E-state index contributed by atoms with van der Waals surface area (Å²) < 4.78 is 23.1. The minimum atomic E-state index is -4.57. The van der Waals surface area contributed by atoms with Crippen LogP contribution in [0.1, 0.15) is 296 Å². The van der Waals surface area contributed by atoms with Crippen LogP contribution in [0.2, 0.25) is 0 Å². The molecule has 0 radical (unpaired) electrons. The lowest BCUT2D eigenvalue weighted by Gasteiger charge is -2.29. The monoisotopic (exact) mass is 955 g/mol. The quantitative estimate of drug-likeness (QED) is 0.0272. The topological polar surface area (TPSA) is 108 Å². The molecule has 3 unspecified atom stereocenters. The number of nitrogens with zero attached hydrogens (tertiary/aromatic N) is 1. The first-order chi connectivity index (χ1) is 32.0. The molecule has 0 aliphatic heterocycles. The van der Waals surface area contributed by atoms with Crippen molar-refractivity contribution in [2.24, 2.45) is 0 Å². The molecule has 1 amide bonds. The molecule has 9 heteroatoms. The average Bonchev–Trinajstić information content (AvgIpc) is 3.28. The minimum absolute atomic E-state index is 0.00129. The van der Waals surface area contributed by atoms with Crippen LogP contribution < -0.4 is 10.2 Å². The van der Waals surface area contributed by atoms with Gasteiger partial charge in [-0.05, 0) is 19.3 Å². The third kappa shape index (κ3) is 51.1. The number of rotatable bonds is 54. The second-order valence-electron chi connectivity index (χ2n) is 21.4. The van der Waals surface area contributed by atoms with Gasteiger partial charge in [-0.2, -0.15) is 0 Å². The van der Waals surface area contributed by atoms with Crippen molar-refractivity contribution in [2.75, 3.05) is 40.9 Å². The number of phosphoric ester groups is 1. The second kappa shape index (κ2) is 49.2. The van der Waals surface area contributed by atoms with Gasteiger partial charge in [-0.3, -0.25) is 9.36 Å². The molecule has 0 saturated carbocycles. The number of nitrogens with one attached hydrogen (secondary N) is 1. The number of quaternary nitrogens is 1. The Balaban J connectivity index is 3.67. The average molecular weight is 956 g/mol. The van der Waals surface area contributed by atoms with Gasteiger partial charge in [0.15, 0.2) is 0 Å². The zero-order valence-electron chi connectivity index (χ0n) is 44.9. The van der Waals surface area contributed by atoms with Gasteiger partial charge < -0.3 is 28.8 Å². The predicted molar refractivity (Wildman–Crippen MR) is 284 cm³/mol. The van der Waals surface area contributed by atoms with Crippen LogP contribution in [0.4, 0.5) is 0 Å². The number of aliphatic hydroxyl groups is 1. The lowest BCUT2D eigenvalue weighted by molar-refractivity contribution is -0.870. The van der Waals surface area contributed by atoms with Crippen molar-refractivity contribution in [1.29, 1.82) is 0 Å². The van der Waals surface area contributed by atoms with E-state index in [9.17, 15) is 19.4 Å². The molecule has 0 bridgehead atoms. The lowest BCUT2D eigenvalue weighted by atomic mass is 10.0. The summed E-state index contributed by atoms with van der Waals surface area (Å²) >= 11 is 0. The maximum Gasteiger partial charge on any atom is 0.268 e. The van der Waals surface area contributed by atoms with E-state index in [0.29, 0.717) is 17.4 Å². The molecule has 3 atom stereocenters. The summed E-state index contributed by atoms with van der Waals surface area (Å²) in [4.78, 5) is 25.2. The van der Waals surface area contributed by atoms with Crippen LogP contribution >= 0.6 is 7.82 Å². The van der Waals surface area contributed by atoms with Gasteiger partial charge in [0.2, 0.25) is 5.91 Å². The summed E-state index contributed by atoms with van der Waals surface area (Å²) in [5.74, 6) is -0.197. The van der Waals surface area contributed by atoms with Gasteiger partial charge in [0.25, 0.3) is 7.82 Å². The van der Waals surface area contributed by atoms with E-state index in [2.05, 4.69) is 19.2 Å². The van der Waals surface area contributed by atoms with Crippen LogP contribution in [0, 0.1) is 0 Å². The molecule has 0 heterocycles. The summed E-state index contributed by atoms with van der Waals surface area (Å²) in [5.41, 5.74) is 0. The van der Waals surface area contributed by atoms with E-state index in [1.165, 1.54) is 231 Å². The molecule has 2 N–H and O–H groups in total. The van der Waals surface area contributed by atoms with Gasteiger partial charge >= 0.3 is 0 Å². The normalized spacial score (nSPS) is 14.0. The number of carbonyl (C=O) groups is 1. The third-order valence-corrected chi connectivity index (χ3v) is 14.5. The van der Waals surface area contributed by atoms with E-state index in [-0.39, 0.29) is 19.1 Å². The van der Waals surface area contributed by atoms with E-state index in [4.69, 9.17) is 9.05 Å². The number of likely N-dealkylation sites (N-methyl/N-ethyl adjacent to an activating group) is 1. The molecule has 394 valence electrons. The van der Waals surface area contributed by atoms with Crippen LogP contribution in [0.25, 0.3) is 0 Å². The predicted octanol–water partition coefficient (Wildman–Crippen LogP) is 16.8. The van der Waals surface area contributed by atoms with Crippen molar-refractivity contribution in [3.63, 3.8) is 0 Å². The van der Waals surface area contributed by atoms with Crippen LogP contribution in [0.3, 0.4) is 0 Å². The van der Waals surface area contributed by atoms with E-state index >= 15 is 0 Å². The first-order valence-electron chi connectivity index (χ1n) is 29.1. The number of aliphatic hydroxyl groups excluding tert-OH is 1. The van der Waals surface area contributed by atoms with Gasteiger partial charge in [-0.15, -0.1) is 0 Å². The molecule has 0 saturated heterocycles. The Hall–Kier alpha value is -0.760. The number of amides is 1. The molecule has 0 aromatic rings. The first kappa shape index (κ1) is 65.2. The first-order valence-corrected chi connectivity index (χ1v) is 30.5. The smallest absolute Gasteiger partial charge is 0.268 e. The summed E-state index contributed by atoms with van der Waals surface area (Å²) in [6, 6.07) is -0.878. The van der Waals surface area contributed by atoms with Crippen molar-refractivity contribution >= 4 is 13.7 Å². The fourth-order valence-electron chi connectivity index (χ4n) is 8.92. The number of hydrogen-bond acceptors (Lipinski definition) is 6. The van der Waals surface area contributed by atoms with Crippen LogP contribution in [0.5, 0.6) is 0 Å². The Morgan fingerprint density at radius 3 is 1.14 bits per heavy atom. The molecular weight excluding hydrogens is 840 g/mol. The zero-order valence-corrected chi connectivity index (χ0v) is 45.8. The maximum atomic E-state index is 12.8. The number of allylic oxidation sites excluding steroid dienone is 1. The van der Waals surface area contributed by atoms with Gasteiger partial charge in [-0.1, -0.05) is 283 Å². The lowest BCUT2D eigenvalue weighted by Crippen LogP contribution is -2.45. The zero-order chi connectivity index (χ0) is 48.5. The van der Waals surface area contributed by atoms with E-state index in [1.807, 2.05) is 27.2 Å². The standard InChI is InChI=1S/C57H115N2O6P/c1-6-8-10-12-14-15-16-17-18-19-20-21-22-23-24-25-26-27-28-29-30-31-32-33-34-35-36-37-38-39-40-41-42-43-44-45-47-49-51-57(61)58-55(56(60)50-48-46-13-11-9-7-2)54-65-66(62,63)64-53-52-59(3,4)5/h48,50,55-56,60H,6-47,49,51-54H2,1-5H3,(H-,58,61,62,63)/b50-48+. The van der Waals surface area contributed by atoms with Gasteiger partial charge in [0.05, 0.1) is 39.9 Å². The van der Waals surface area contributed by atoms with E-state index < -0.39 is 20.0 Å². The van der Waals surface area contributed by atoms with Gasteiger partial charge in [0, 0.05) is 6.42 Å². The molecule has 8 nitrogen and oxygen atoms in total. The van der Waals surface area contributed by atoms with Crippen molar-refractivity contribution in [3.05, 3.63) is 12.2 Å². The molecule has 0 aromatic heterocycles. The Morgan fingerprint density at radius 2 is 0.818 bits per heavy atom. The molecule has 0 rings (SSSR count). The largest absolute Gasteiger partial charge is 0.756 e. The third-order valence-electron chi connectivity index (χ3n) is 13.5. The molecule has 0 aromatic carbocycles. The number of hydrogen-bond donors (Lipinski definition) is 2. The number of unbranched alkanes of at least 4 members (excludes halogenated alkanes) is 41. The summed E-state index contributed by atoms with van der Waals surface area (Å²) in [6.45, 7) is 4.59. The number of carbonyl (C=O) groups excluding carboxylic acids is 1. The van der Waals surface area contributed by atoms with Crippen molar-refractivity contribution in [1.82, 2.24) is 5.32 Å². The van der Waals surface area contributed by atoms with Crippen molar-refractivity contribution in [2.45, 2.75) is 309 Å². The fraction of sp³-hybridized carbons (Fsp3) is 0.947. The van der Waals surface area contributed by atoms with E-state index in [1.54, 1.807) is 6.08 Å². The molecular formula is C57H115N2O6P. The summed E-state index contributed by atoms with van der Waals surface area (Å²) in [6.07, 6.45) is 60.9. The SMILES string of the molecule is CCCCCC/C=C/C(O)C(COP(=O)([O-])OCC[N+](C)(C)C)NC(=O)CCCCCCCCCCCCCCCCCCCCCCCCCCCCCCCCCCCCCCCC. The van der Waals surface area contributed by atoms with Gasteiger partial charge in [0.1, 0.15) is 13.2 Å². The number of phosphoric acid groups is 1. The Bertz CT molecular complexity index is 1080. The van der Waals surface area contributed by atoms with Crippen LogP contribution in [-0.2, 0) is 18.4 Å². The highest BCUT2D eigenvalue weighted by molar-refractivity contribution is 7.45.